The summed E-state index contributed by atoms with van der Waals surface area (Å²) in [5, 5.41) is 0. The molecule has 0 amide bonds. The second kappa shape index (κ2) is 6.07. The van der Waals surface area contributed by atoms with Crippen LogP contribution in [0.15, 0.2) is 22.7 Å². The molecule has 0 saturated carbocycles. The van der Waals surface area contributed by atoms with Gasteiger partial charge < -0.3 is 10.6 Å². The quantitative estimate of drug-likeness (QED) is 0.911. The molecule has 1 aromatic rings. The van der Waals surface area contributed by atoms with E-state index in [-0.39, 0.29) is 6.04 Å². The molecule has 18 heavy (non-hydrogen) atoms. The first-order valence-corrected chi connectivity index (χ1v) is 7.71. The summed E-state index contributed by atoms with van der Waals surface area (Å²) >= 11 is 3.69. The SMILES string of the molecule is CCC1CCN(c2ccc([C@H](C)N)cc2Br)CC1. The second-order valence-electron chi connectivity index (χ2n) is 5.34. The highest BCUT2D eigenvalue weighted by atomic mass is 79.9. The van der Waals surface area contributed by atoms with Gasteiger partial charge in [0.2, 0.25) is 0 Å². The van der Waals surface area contributed by atoms with E-state index in [1.54, 1.807) is 0 Å². The molecule has 0 aromatic heterocycles. The van der Waals surface area contributed by atoms with Crippen LogP contribution in [0.5, 0.6) is 0 Å². The zero-order valence-corrected chi connectivity index (χ0v) is 12.9. The molecule has 2 N–H and O–H groups in total. The lowest BCUT2D eigenvalue weighted by molar-refractivity contribution is 0.395. The molecular weight excluding hydrogens is 288 g/mol. The van der Waals surface area contributed by atoms with Crippen molar-refractivity contribution >= 4 is 21.6 Å². The van der Waals surface area contributed by atoms with Gasteiger partial charge in [0, 0.05) is 23.6 Å². The van der Waals surface area contributed by atoms with Gasteiger partial charge in [-0.15, -0.1) is 0 Å². The van der Waals surface area contributed by atoms with Crippen LogP contribution < -0.4 is 10.6 Å². The molecule has 2 nitrogen and oxygen atoms in total. The molecule has 1 aromatic carbocycles. The van der Waals surface area contributed by atoms with Gasteiger partial charge in [-0.2, -0.15) is 0 Å². The maximum Gasteiger partial charge on any atom is 0.0510 e. The molecule has 0 radical (unpaired) electrons. The van der Waals surface area contributed by atoms with Crippen molar-refractivity contribution < 1.29 is 0 Å². The Balaban J connectivity index is 2.10. The Morgan fingerprint density at radius 3 is 2.56 bits per heavy atom. The smallest absolute Gasteiger partial charge is 0.0510 e. The summed E-state index contributed by atoms with van der Waals surface area (Å²) in [6, 6.07) is 6.61. The summed E-state index contributed by atoms with van der Waals surface area (Å²) in [6.07, 6.45) is 3.95. The van der Waals surface area contributed by atoms with Crippen LogP contribution in [0.1, 0.15) is 44.7 Å². The highest BCUT2D eigenvalue weighted by Crippen LogP contribution is 2.32. The van der Waals surface area contributed by atoms with Crippen LogP contribution in [0.4, 0.5) is 5.69 Å². The summed E-state index contributed by atoms with van der Waals surface area (Å²) < 4.78 is 1.17. The minimum Gasteiger partial charge on any atom is -0.371 e. The maximum absolute atomic E-state index is 5.91. The van der Waals surface area contributed by atoms with Crippen LogP contribution in [0.2, 0.25) is 0 Å². The largest absolute Gasteiger partial charge is 0.371 e. The van der Waals surface area contributed by atoms with Gasteiger partial charge in [-0.25, -0.2) is 0 Å². The third-order valence-corrected chi connectivity index (χ3v) is 4.67. The molecule has 1 fully saturated rings. The van der Waals surface area contributed by atoms with Gasteiger partial charge in [0.05, 0.1) is 5.69 Å². The molecule has 1 aliphatic rings. The number of anilines is 1. The number of nitrogens with zero attached hydrogens (tertiary/aromatic N) is 1. The highest BCUT2D eigenvalue weighted by molar-refractivity contribution is 9.10. The number of piperidine rings is 1. The predicted molar refractivity (Wildman–Crippen MR) is 82.0 cm³/mol. The fourth-order valence-corrected chi connectivity index (χ4v) is 3.29. The Morgan fingerprint density at radius 2 is 2.06 bits per heavy atom. The summed E-state index contributed by atoms with van der Waals surface area (Å²) in [4.78, 5) is 2.49. The Morgan fingerprint density at radius 1 is 1.39 bits per heavy atom. The number of halogens is 1. The van der Waals surface area contributed by atoms with Crippen LogP contribution in [-0.2, 0) is 0 Å². The number of nitrogens with two attached hydrogens (primary N) is 1. The van der Waals surface area contributed by atoms with Gasteiger partial charge in [-0.3, -0.25) is 0 Å². The van der Waals surface area contributed by atoms with E-state index in [1.165, 1.54) is 48.1 Å². The average molecular weight is 311 g/mol. The Bertz CT molecular complexity index is 395. The lowest BCUT2D eigenvalue weighted by atomic mass is 9.94. The van der Waals surface area contributed by atoms with E-state index in [1.807, 2.05) is 6.92 Å². The second-order valence-corrected chi connectivity index (χ2v) is 6.19. The van der Waals surface area contributed by atoms with E-state index in [0.29, 0.717) is 0 Å². The van der Waals surface area contributed by atoms with Gasteiger partial charge in [0.15, 0.2) is 0 Å². The molecule has 3 heteroatoms. The van der Waals surface area contributed by atoms with Gasteiger partial charge in [-0.1, -0.05) is 19.4 Å². The van der Waals surface area contributed by atoms with Crippen molar-refractivity contribution in [2.45, 2.75) is 39.2 Å². The third-order valence-electron chi connectivity index (χ3n) is 4.03. The van der Waals surface area contributed by atoms with Crippen molar-refractivity contribution in [2.75, 3.05) is 18.0 Å². The zero-order valence-electron chi connectivity index (χ0n) is 11.3. The van der Waals surface area contributed by atoms with E-state index < -0.39 is 0 Å². The number of hydrogen-bond donors (Lipinski definition) is 1. The maximum atomic E-state index is 5.91. The summed E-state index contributed by atoms with van der Waals surface area (Å²) in [5.41, 5.74) is 8.42. The van der Waals surface area contributed by atoms with Crippen molar-refractivity contribution in [3.63, 3.8) is 0 Å². The lowest BCUT2D eigenvalue weighted by Gasteiger charge is -2.34. The van der Waals surface area contributed by atoms with Crippen molar-refractivity contribution in [1.82, 2.24) is 0 Å². The van der Waals surface area contributed by atoms with Crippen molar-refractivity contribution in [1.29, 1.82) is 0 Å². The molecule has 100 valence electrons. The fourth-order valence-electron chi connectivity index (χ4n) is 2.64. The van der Waals surface area contributed by atoms with Crippen molar-refractivity contribution in [2.24, 2.45) is 11.7 Å². The van der Waals surface area contributed by atoms with E-state index in [2.05, 4.69) is 46.0 Å². The number of rotatable bonds is 3. The van der Waals surface area contributed by atoms with E-state index in [0.717, 1.165) is 5.92 Å². The lowest BCUT2D eigenvalue weighted by Crippen LogP contribution is -2.33. The van der Waals surface area contributed by atoms with Crippen LogP contribution in [0.3, 0.4) is 0 Å². The molecular formula is C15H23BrN2. The van der Waals surface area contributed by atoms with E-state index >= 15 is 0 Å². The van der Waals surface area contributed by atoms with Crippen LogP contribution in [0, 0.1) is 5.92 Å². The third kappa shape index (κ3) is 3.07. The Kier molecular flexibility index (Phi) is 4.68. The summed E-state index contributed by atoms with van der Waals surface area (Å²) in [6.45, 7) is 6.67. The standard InChI is InChI=1S/C15H23BrN2/c1-3-12-6-8-18(9-7-12)15-5-4-13(11(2)17)10-14(15)16/h4-5,10-12H,3,6-9,17H2,1-2H3/t11-/m0/s1. The normalized spacial score (nSPS) is 19.0. The first kappa shape index (κ1) is 13.9. The molecule has 1 aliphatic heterocycles. The molecule has 0 unspecified atom stereocenters. The van der Waals surface area contributed by atoms with Crippen molar-refractivity contribution in [3.8, 4) is 0 Å². The Hall–Kier alpha value is -0.540. The van der Waals surface area contributed by atoms with Gasteiger partial charge in [-0.05, 0) is 59.3 Å². The van der Waals surface area contributed by atoms with Gasteiger partial charge in [0.1, 0.15) is 0 Å². The first-order valence-electron chi connectivity index (χ1n) is 6.91. The van der Waals surface area contributed by atoms with Crippen LogP contribution in [0.25, 0.3) is 0 Å². The van der Waals surface area contributed by atoms with E-state index in [9.17, 15) is 0 Å². The summed E-state index contributed by atoms with van der Waals surface area (Å²) in [5.74, 6) is 0.920. The molecule has 0 spiro atoms. The average Bonchev–Trinajstić information content (AvgIpc) is 2.38. The number of hydrogen-bond acceptors (Lipinski definition) is 2. The minimum atomic E-state index is 0.0983. The fraction of sp³-hybridized carbons (Fsp3) is 0.600. The predicted octanol–water partition coefficient (Wildman–Crippen LogP) is 4.10. The van der Waals surface area contributed by atoms with Crippen LogP contribution in [-0.4, -0.2) is 13.1 Å². The molecule has 0 aliphatic carbocycles. The molecule has 1 atom stereocenters. The first-order chi connectivity index (χ1) is 8.61. The molecule has 1 heterocycles. The summed E-state index contributed by atoms with van der Waals surface area (Å²) in [7, 11) is 0. The molecule has 0 bridgehead atoms. The van der Waals surface area contributed by atoms with Crippen LogP contribution >= 0.6 is 15.9 Å². The van der Waals surface area contributed by atoms with Gasteiger partial charge >= 0.3 is 0 Å². The van der Waals surface area contributed by atoms with Crippen molar-refractivity contribution in [3.05, 3.63) is 28.2 Å². The number of benzene rings is 1. The minimum absolute atomic E-state index is 0.0983. The van der Waals surface area contributed by atoms with E-state index in [4.69, 9.17) is 5.73 Å². The molecule has 1 saturated heterocycles. The Labute approximate surface area is 119 Å². The molecule has 2 rings (SSSR count). The monoisotopic (exact) mass is 310 g/mol. The van der Waals surface area contributed by atoms with Gasteiger partial charge in [0.25, 0.3) is 0 Å². The topological polar surface area (TPSA) is 29.3 Å². The zero-order chi connectivity index (χ0) is 13.1. The highest BCUT2D eigenvalue weighted by Gasteiger charge is 2.19.